The zero-order chi connectivity index (χ0) is 20.6. The van der Waals surface area contributed by atoms with E-state index >= 15 is 0 Å². The lowest BCUT2D eigenvalue weighted by atomic mass is 9.78. The highest BCUT2D eigenvalue weighted by atomic mass is 19.1. The van der Waals surface area contributed by atoms with Crippen molar-refractivity contribution in [3.05, 3.63) is 35.6 Å². The van der Waals surface area contributed by atoms with Gasteiger partial charge in [0.05, 0.1) is 12.0 Å². The molecule has 0 aromatic heterocycles. The summed E-state index contributed by atoms with van der Waals surface area (Å²) in [7, 11) is 0. The highest BCUT2D eigenvalue weighted by molar-refractivity contribution is 6.04. The second-order valence-electron chi connectivity index (χ2n) is 7.94. The minimum absolute atomic E-state index is 0.0124. The molecular formula is C20H23FN4O4. The zero-order valence-corrected chi connectivity index (χ0v) is 16.0. The molecule has 3 aliphatic rings. The Kier molecular flexibility index (Phi) is 4.97. The molecule has 0 radical (unpaired) electrons. The van der Waals surface area contributed by atoms with E-state index in [0.717, 1.165) is 16.9 Å². The highest BCUT2D eigenvalue weighted by Gasteiger charge is 2.49. The number of benzene rings is 1. The van der Waals surface area contributed by atoms with E-state index in [1.54, 1.807) is 21.9 Å². The predicted octanol–water partition coefficient (Wildman–Crippen LogP) is 0.719. The Hall–Kier alpha value is -2.97. The van der Waals surface area contributed by atoms with E-state index in [2.05, 4.69) is 5.32 Å². The summed E-state index contributed by atoms with van der Waals surface area (Å²) in [6.07, 6.45) is 2.11. The third-order valence-electron chi connectivity index (χ3n) is 6.05. The molecule has 29 heavy (non-hydrogen) atoms. The lowest BCUT2D eigenvalue weighted by Crippen LogP contribution is -2.50. The SMILES string of the molecule is O=C(CN1C(=O)CNC1=O)N1CCC2(CCCN(Cc3ccc(F)cc3)C2=O)C1. The van der Waals surface area contributed by atoms with Crippen molar-refractivity contribution < 1.29 is 23.6 Å². The fourth-order valence-corrected chi connectivity index (χ4v) is 4.43. The average Bonchev–Trinajstić information content (AvgIpc) is 3.27. The Morgan fingerprint density at radius 1 is 1.10 bits per heavy atom. The van der Waals surface area contributed by atoms with Gasteiger partial charge < -0.3 is 15.1 Å². The quantitative estimate of drug-likeness (QED) is 0.752. The second-order valence-corrected chi connectivity index (χ2v) is 7.94. The molecule has 4 rings (SSSR count). The number of carbonyl (C=O) groups is 4. The van der Waals surface area contributed by atoms with Crippen LogP contribution in [0.5, 0.6) is 0 Å². The summed E-state index contributed by atoms with van der Waals surface area (Å²) in [4.78, 5) is 53.5. The van der Waals surface area contributed by atoms with Crippen molar-refractivity contribution in [2.45, 2.75) is 25.8 Å². The number of hydrogen-bond acceptors (Lipinski definition) is 4. The Labute approximate surface area is 167 Å². The van der Waals surface area contributed by atoms with Gasteiger partial charge in [-0.25, -0.2) is 9.18 Å². The van der Waals surface area contributed by atoms with E-state index < -0.39 is 17.4 Å². The third-order valence-corrected chi connectivity index (χ3v) is 6.05. The Morgan fingerprint density at radius 2 is 1.86 bits per heavy atom. The molecule has 1 unspecified atom stereocenters. The molecule has 8 nitrogen and oxygen atoms in total. The molecule has 9 heteroatoms. The van der Waals surface area contributed by atoms with Crippen LogP contribution in [0.3, 0.4) is 0 Å². The van der Waals surface area contributed by atoms with Crippen molar-refractivity contribution >= 4 is 23.8 Å². The first-order chi connectivity index (χ1) is 13.9. The summed E-state index contributed by atoms with van der Waals surface area (Å²) >= 11 is 0. The highest BCUT2D eigenvalue weighted by Crippen LogP contribution is 2.40. The predicted molar refractivity (Wildman–Crippen MR) is 99.8 cm³/mol. The number of amides is 5. The van der Waals surface area contributed by atoms with Crippen LogP contribution in [-0.4, -0.2) is 71.2 Å². The molecule has 0 saturated carbocycles. The van der Waals surface area contributed by atoms with Crippen LogP contribution in [0.25, 0.3) is 0 Å². The molecule has 154 valence electrons. The van der Waals surface area contributed by atoms with Crippen molar-refractivity contribution in [2.75, 3.05) is 32.7 Å². The van der Waals surface area contributed by atoms with Crippen molar-refractivity contribution in [1.29, 1.82) is 0 Å². The van der Waals surface area contributed by atoms with Crippen LogP contribution in [0.2, 0.25) is 0 Å². The molecule has 0 aliphatic carbocycles. The second kappa shape index (κ2) is 7.46. The number of nitrogens with zero attached hydrogens (tertiary/aromatic N) is 3. The minimum atomic E-state index is -0.620. The smallest absolute Gasteiger partial charge is 0.325 e. The number of hydrogen-bond donors (Lipinski definition) is 1. The van der Waals surface area contributed by atoms with Crippen molar-refractivity contribution in [1.82, 2.24) is 20.0 Å². The monoisotopic (exact) mass is 402 g/mol. The Balaban J connectivity index is 1.41. The first-order valence-corrected chi connectivity index (χ1v) is 9.78. The minimum Gasteiger partial charge on any atom is -0.340 e. The van der Waals surface area contributed by atoms with Gasteiger partial charge in [0.15, 0.2) is 0 Å². The Bertz CT molecular complexity index is 843. The fourth-order valence-electron chi connectivity index (χ4n) is 4.43. The lowest BCUT2D eigenvalue weighted by Gasteiger charge is -2.39. The molecule has 3 heterocycles. The van der Waals surface area contributed by atoms with Crippen LogP contribution in [-0.2, 0) is 20.9 Å². The van der Waals surface area contributed by atoms with E-state index in [1.165, 1.54) is 12.1 Å². The molecule has 1 atom stereocenters. The molecule has 5 amide bonds. The van der Waals surface area contributed by atoms with Gasteiger partial charge in [0, 0.05) is 26.2 Å². The van der Waals surface area contributed by atoms with Crippen LogP contribution in [0, 0.1) is 11.2 Å². The standard InChI is InChI=1S/C20H23FN4O4/c21-15-4-2-14(3-5-15)11-23-8-1-6-20(18(23)28)7-9-24(13-20)17(27)12-25-16(26)10-22-19(25)29/h2-5H,1,6-13H2,(H,22,29). The van der Waals surface area contributed by atoms with Crippen LogP contribution in [0.1, 0.15) is 24.8 Å². The van der Waals surface area contributed by atoms with E-state index in [9.17, 15) is 23.6 Å². The van der Waals surface area contributed by atoms with Gasteiger partial charge in [0.2, 0.25) is 11.8 Å². The van der Waals surface area contributed by atoms with Crippen LogP contribution in [0.15, 0.2) is 24.3 Å². The maximum absolute atomic E-state index is 13.2. The summed E-state index contributed by atoms with van der Waals surface area (Å²) in [6, 6.07) is 5.55. The van der Waals surface area contributed by atoms with E-state index in [0.29, 0.717) is 39.0 Å². The number of piperidine rings is 1. The van der Waals surface area contributed by atoms with Crippen LogP contribution < -0.4 is 5.32 Å². The van der Waals surface area contributed by atoms with Gasteiger partial charge >= 0.3 is 6.03 Å². The molecule has 1 aromatic carbocycles. The first kappa shape index (κ1) is 19.4. The van der Waals surface area contributed by atoms with Crippen molar-refractivity contribution in [3.8, 4) is 0 Å². The molecule has 1 spiro atoms. The van der Waals surface area contributed by atoms with E-state index in [1.807, 2.05) is 0 Å². The topological polar surface area (TPSA) is 90.0 Å². The van der Waals surface area contributed by atoms with Gasteiger partial charge in [-0.2, -0.15) is 0 Å². The maximum Gasteiger partial charge on any atom is 0.325 e. The molecule has 0 bridgehead atoms. The van der Waals surface area contributed by atoms with Gasteiger partial charge in [0.25, 0.3) is 5.91 Å². The van der Waals surface area contributed by atoms with Crippen molar-refractivity contribution in [2.24, 2.45) is 5.41 Å². The summed E-state index contributed by atoms with van der Waals surface area (Å²) in [6.45, 7) is 1.39. The molecule has 3 saturated heterocycles. The number of nitrogens with one attached hydrogen (secondary N) is 1. The fraction of sp³-hybridized carbons (Fsp3) is 0.500. The number of carbonyl (C=O) groups excluding carboxylic acids is 4. The maximum atomic E-state index is 13.2. The number of halogens is 1. The third kappa shape index (κ3) is 3.68. The normalized spacial score (nSPS) is 24.6. The number of imide groups is 1. The molecule has 3 fully saturated rings. The zero-order valence-electron chi connectivity index (χ0n) is 16.0. The molecule has 3 aliphatic heterocycles. The van der Waals surface area contributed by atoms with Gasteiger partial charge in [-0.3, -0.25) is 19.3 Å². The number of rotatable bonds is 4. The van der Waals surface area contributed by atoms with Crippen LogP contribution >= 0.6 is 0 Å². The number of likely N-dealkylation sites (tertiary alicyclic amines) is 2. The molecule has 1 aromatic rings. The average molecular weight is 402 g/mol. The van der Waals surface area contributed by atoms with Gasteiger partial charge in [-0.05, 0) is 37.0 Å². The summed E-state index contributed by atoms with van der Waals surface area (Å²) in [5.41, 5.74) is 0.242. The molecule has 1 N–H and O–H groups in total. The summed E-state index contributed by atoms with van der Waals surface area (Å²) in [5.74, 6) is -1.05. The first-order valence-electron chi connectivity index (χ1n) is 9.78. The van der Waals surface area contributed by atoms with Gasteiger partial charge in [-0.1, -0.05) is 12.1 Å². The van der Waals surface area contributed by atoms with Crippen LogP contribution in [0.4, 0.5) is 9.18 Å². The van der Waals surface area contributed by atoms with E-state index in [-0.39, 0.29) is 30.7 Å². The van der Waals surface area contributed by atoms with Gasteiger partial charge in [0.1, 0.15) is 12.4 Å². The lowest BCUT2D eigenvalue weighted by molar-refractivity contribution is -0.147. The summed E-state index contributed by atoms with van der Waals surface area (Å²) < 4.78 is 13.1. The largest absolute Gasteiger partial charge is 0.340 e. The van der Waals surface area contributed by atoms with Gasteiger partial charge in [-0.15, -0.1) is 0 Å². The molecular weight excluding hydrogens is 379 g/mol. The van der Waals surface area contributed by atoms with Crippen molar-refractivity contribution in [3.63, 3.8) is 0 Å². The number of urea groups is 1. The van der Waals surface area contributed by atoms with E-state index in [4.69, 9.17) is 0 Å². The Morgan fingerprint density at radius 3 is 2.55 bits per heavy atom. The summed E-state index contributed by atoms with van der Waals surface area (Å²) in [5, 5.41) is 2.39.